The van der Waals surface area contributed by atoms with Gasteiger partial charge in [-0.15, -0.1) is 0 Å². The minimum Gasteiger partial charge on any atom is -0.487 e. The predicted molar refractivity (Wildman–Crippen MR) is 74.9 cm³/mol. The standard InChI is InChI=1S/C13H16N4O4/c1-3-14-8-11-15-13(21-16-11)9-6-5-7-10(17(18)19)12(9)20-4-2/h5-7,14H,3-4,8H2,1-2H3. The number of aromatic nitrogens is 2. The molecule has 2 rings (SSSR count). The fourth-order valence-electron chi connectivity index (χ4n) is 1.81. The summed E-state index contributed by atoms with van der Waals surface area (Å²) in [6.45, 7) is 5.28. The molecule has 0 bridgehead atoms. The van der Waals surface area contributed by atoms with E-state index in [4.69, 9.17) is 9.26 Å². The lowest BCUT2D eigenvalue weighted by Gasteiger charge is -2.07. The highest BCUT2D eigenvalue weighted by Gasteiger charge is 2.23. The molecule has 2 aromatic rings. The summed E-state index contributed by atoms with van der Waals surface area (Å²) in [5.74, 6) is 0.833. The maximum Gasteiger partial charge on any atom is 0.311 e. The van der Waals surface area contributed by atoms with E-state index >= 15 is 0 Å². The Morgan fingerprint density at radius 2 is 2.24 bits per heavy atom. The molecule has 0 aliphatic rings. The second kappa shape index (κ2) is 6.80. The van der Waals surface area contributed by atoms with Crippen LogP contribution in [0.2, 0.25) is 0 Å². The second-order valence-electron chi connectivity index (χ2n) is 4.14. The van der Waals surface area contributed by atoms with E-state index in [1.54, 1.807) is 19.1 Å². The Morgan fingerprint density at radius 1 is 1.43 bits per heavy atom. The van der Waals surface area contributed by atoms with Crippen molar-refractivity contribution >= 4 is 5.69 Å². The van der Waals surface area contributed by atoms with Crippen LogP contribution in [0.25, 0.3) is 11.5 Å². The maximum absolute atomic E-state index is 11.1. The Labute approximate surface area is 121 Å². The average molecular weight is 292 g/mol. The molecule has 0 amide bonds. The Kier molecular flexibility index (Phi) is 4.83. The number of benzene rings is 1. The lowest BCUT2D eigenvalue weighted by molar-refractivity contribution is -0.385. The van der Waals surface area contributed by atoms with Crippen molar-refractivity contribution in [1.82, 2.24) is 15.5 Å². The first-order valence-corrected chi connectivity index (χ1v) is 6.61. The second-order valence-corrected chi connectivity index (χ2v) is 4.14. The van der Waals surface area contributed by atoms with Crippen molar-refractivity contribution in [3.8, 4) is 17.2 Å². The zero-order valence-electron chi connectivity index (χ0n) is 11.8. The van der Waals surface area contributed by atoms with Crippen LogP contribution in [0.5, 0.6) is 5.75 Å². The number of hydrogen-bond acceptors (Lipinski definition) is 7. The van der Waals surface area contributed by atoms with Crippen LogP contribution < -0.4 is 10.1 Å². The normalized spacial score (nSPS) is 10.6. The van der Waals surface area contributed by atoms with Crippen LogP contribution in [0.4, 0.5) is 5.69 Å². The van der Waals surface area contributed by atoms with Gasteiger partial charge in [0, 0.05) is 6.07 Å². The van der Waals surface area contributed by atoms with E-state index in [1.165, 1.54) is 6.07 Å². The maximum atomic E-state index is 11.1. The monoisotopic (exact) mass is 292 g/mol. The number of nitrogens with zero attached hydrogens (tertiary/aromatic N) is 3. The van der Waals surface area contributed by atoms with Gasteiger partial charge in [-0.25, -0.2) is 0 Å². The number of ether oxygens (including phenoxy) is 1. The van der Waals surface area contributed by atoms with Crippen molar-refractivity contribution in [3.63, 3.8) is 0 Å². The van der Waals surface area contributed by atoms with Crippen molar-refractivity contribution in [3.05, 3.63) is 34.1 Å². The molecule has 0 aliphatic heterocycles. The van der Waals surface area contributed by atoms with E-state index in [0.717, 1.165) is 6.54 Å². The fraction of sp³-hybridized carbons (Fsp3) is 0.385. The van der Waals surface area contributed by atoms with Crippen LogP contribution in [0, 0.1) is 10.1 Å². The molecule has 0 atom stereocenters. The van der Waals surface area contributed by atoms with E-state index in [1.807, 2.05) is 6.92 Å². The first-order chi connectivity index (χ1) is 10.2. The molecule has 0 saturated heterocycles. The number of nitro benzene ring substituents is 1. The van der Waals surface area contributed by atoms with Gasteiger partial charge in [-0.05, 0) is 19.5 Å². The highest BCUT2D eigenvalue weighted by molar-refractivity contribution is 5.69. The predicted octanol–water partition coefficient (Wildman–Crippen LogP) is 2.15. The summed E-state index contributed by atoms with van der Waals surface area (Å²) >= 11 is 0. The van der Waals surface area contributed by atoms with Crippen LogP contribution in [-0.2, 0) is 6.54 Å². The van der Waals surface area contributed by atoms with Gasteiger partial charge >= 0.3 is 5.69 Å². The Bertz CT molecular complexity index is 626. The zero-order chi connectivity index (χ0) is 15.2. The summed E-state index contributed by atoms with van der Waals surface area (Å²) in [5, 5.41) is 18.0. The molecule has 0 spiro atoms. The summed E-state index contributed by atoms with van der Waals surface area (Å²) in [7, 11) is 0. The molecule has 112 valence electrons. The summed E-state index contributed by atoms with van der Waals surface area (Å²) in [6.07, 6.45) is 0. The number of hydrogen-bond donors (Lipinski definition) is 1. The Balaban J connectivity index is 2.40. The van der Waals surface area contributed by atoms with Gasteiger partial charge in [0.25, 0.3) is 5.89 Å². The molecule has 21 heavy (non-hydrogen) atoms. The lowest BCUT2D eigenvalue weighted by Crippen LogP contribution is -2.12. The highest BCUT2D eigenvalue weighted by atomic mass is 16.6. The Hall–Kier alpha value is -2.48. The van der Waals surface area contributed by atoms with E-state index in [9.17, 15) is 10.1 Å². The third-order valence-corrected chi connectivity index (χ3v) is 2.71. The summed E-state index contributed by atoms with van der Waals surface area (Å²) < 4.78 is 10.6. The third-order valence-electron chi connectivity index (χ3n) is 2.71. The van der Waals surface area contributed by atoms with Crippen molar-refractivity contribution in [2.45, 2.75) is 20.4 Å². The van der Waals surface area contributed by atoms with Gasteiger partial charge in [0.05, 0.1) is 23.6 Å². The van der Waals surface area contributed by atoms with Gasteiger partial charge in [-0.1, -0.05) is 18.1 Å². The van der Waals surface area contributed by atoms with Gasteiger partial charge < -0.3 is 14.6 Å². The van der Waals surface area contributed by atoms with Gasteiger partial charge in [0.1, 0.15) is 0 Å². The van der Waals surface area contributed by atoms with E-state index in [-0.39, 0.29) is 17.3 Å². The molecule has 8 heteroatoms. The van der Waals surface area contributed by atoms with E-state index < -0.39 is 4.92 Å². The van der Waals surface area contributed by atoms with Crippen molar-refractivity contribution in [2.24, 2.45) is 0 Å². The van der Waals surface area contributed by atoms with Gasteiger partial charge in [0.15, 0.2) is 5.82 Å². The van der Waals surface area contributed by atoms with Gasteiger partial charge in [-0.3, -0.25) is 10.1 Å². The first kappa shape index (κ1) is 14.9. The molecule has 1 aromatic heterocycles. The third kappa shape index (κ3) is 3.34. The molecular weight excluding hydrogens is 276 g/mol. The largest absolute Gasteiger partial charge is 0.487 e. The van der Waals surface area contributed by atoms with Crippen LogP contribution in [0.1, 0.15) is 19.7 Å². The molecular formula is C13H16N4O4. The number of para-hydroxylation sites is 1. The SMILES string of the molecule is CCNCc1noc(-c2cccc([N+](=O)[O-])c2OCC)n1. The lowest BCUT2D eigenvalue weighted by atomic mass is 10.1. The molecule has 0 saturated carbocycles. The van der Waals surface area contributed by atoms with Crippen molar-refractivity contribution in [2.75, 3.05) is 13.2 Å². The van der Waals surface area contributed by atoms with Crippen LogP contribution >= 0.6 is 0 Å². The molecule has 0 aliphatic carbocycles. The molecule has 1 N–H and O–H groups in total. The van der Waals surface area contributed by atoms with Gasteiger partial charge in [-0.2, -0.15) is 4.98 Å². The number of rotatable bonds is 7. The molecule has 1 heterocycles. The van der Waals surface area contributed by atoms with Gasteiger partial charge in [0.2, 0.25) is 5.75 Å². The number of nitro groups is 1. The molecule has 0 fully saturated rings. The van der Waals surface area contributed by atoms with Crippen molar-refractivity contribution in [1.29, 1.82) is 0 Å². The van der Waals surface area contributed by atoms with Crippen LogP contribution in [0.3, 0.4) is 0 Å². The van der Waals surface area contributed by atoms with Crippen molar-refractivity contribution < 1.29 is 14.2 Å². The minimum absolute atomic E-state index is 0.124. The van der Waals surface area contributed by atoms with E-state index in [0.29, 0.717) is 24.5 Å². The summed E-state index contributed by atoms with van der Waals surface area (Å²) in [4.78, 5) is 14.8. The molecule has 0 radical (unpaired) electrons. The minimum atomic E-state index is -0.496. The fourth-order valence-corrected chi connectivity index (χ4v) is 1.81. The molecule has 8 nitrogen and oxygen atoms in total. The zero-order valence-corrected chi connectivity index (χ0v) is 11.8. The topological polar surface area (TPSA) is 103 Å². The van der Waals surface area contributed by atoms with Crippen LogP contribution in [-0.4, -0.2) is 28.2 Å². The first-order valence-electron chi connectivity index (χ1n) is 6.61. The highest BCUT2D eigenvalue weighted by Crippen LogP contribution is 2.37. The van der Waals surface area contributed by atoms with E-state index in [2.05, 4.69) is 15.5 Å². The summed E-state index contributed by atoms with van der Waals surface area (Å²) in [6, 6.07) is 4.59. The quantitative estimate of drug-likeness (QED) is 0.616. The number of nitrogens with one attached hydrogen (secondary N) is 1. The average Bonchev–Trinajstić information content (AvgIpc) is 2.94. The molecule has 1 aromatic carbocycles. The Morgan fingerprint density at radius 3 is 2.90 bits per heavy atom. The summed E-state index contributed by atoms with van der Waals surface area (Å²) in [5.41, 5.74) is 0.294. The van der Waals surface area contributed by atoms with Crippen LogP contribution in [0.15, 0.2) is 22.7 Å². The smallest absolute Gasteiger partial charge is 0.311 e. The molecule has 0 unspecified atom stereocenters.